The fourth-order valence-corrected chi connectivity index (χ4v) is 3.78. The summed E-state index contributed by atoms with van der Waals surface area (Å²) in [5.74, 6) is -0.418. The lowest BCUT2D eigenvalue weighted by Crippen LogP contribution is -2.29. The number of amides is 1. The lowest BCUT2D eigenvalue weighted by Gasteiger charge is -2.11. The minimum absolute atomic E-state index is 0.142. The van der Waals surface area contributed by atoms with Crippen molar-refractivity contribution in [2.45, 2.75) is 13.1 Å². The van der Waals surface area contributed by atoms with Crippen LogP contribution in [0.25, 0.3) is 10.2 Å². The van der Waals surface area contributed by atoms with Crippen LogP contribution in [0.5, 0.6) is 0 Å². The average Bonchev–Trinajstić information content (AvgIpc) is 3.34. The molecule has 0 atom stereocenters. The third-order valence-electron chi connectivity index (χ3n) is 4.17. The monoisotopic (exact) mass is 368 g/mol. The van der Waals surface area contributed by atoms with Crippen LogP contribution in [0, 0.1) is 5.82 Å². The molecule has 0 radical (unpaired) electrons. The van der Waals surface area contributed by atoms with Crippen LogP contribution in [0.1, 0.15) is 16.1 Å². The Bertz CT molecular complexity index is 1040. The van der Waals surface area contributed by atoms with E-state index in [1.54, 1.807) is 28.3 Å². The third-order valence-corrected chi connectivity index (χ3v) is 5.02. The van der Waals surface area contributed by atoms with Crippen LogP contribution in [-0.4, -0.2) is 26.8 Å². The third kappa shape index (κ3) is 3.39. The topological polar surface area (TPSA) is 51.9 Å². The summed E-state index contributed by atoms with van der Waals surface area (Å²) in [4.78, 5) is 12.7. The number of carbonyl (C=O) groups is 1. The SMILES string of the molecule is O=C(NCCn1cccn1)c1cc2sccc2n1Cc1cccc(F)c1. The molecule has 26 heavy (non-hydrogen) atoms. The first-order valence-corrected chi connectivity index (χ1v) is 9.15. The highest BCUT2D eigenvalue weighted by Crippen LogP contribution is 2.26. The summed E-state index contributed by atoms with van der Waals surface area (Å²) in [6.07, 6.45) is 3.56. The molecule has 0 aliphatic heterocycles. The minimum Gasteiger partial charge on any atom is -0.349 e. The maximum atomic E-state index is 13.5. The van der Waals surface area contributed by atoms with Gasteiger partial charge in [-0.25, -0.2) is 4.39 Å². The number of rotatable bonds is 6. The largest absolute Gasteiger partial charge is 0.349 e. The van der Waals surface area contributed by atoms with Crippen molar-refractivity contribution in [2.24, 2.45) is 0 Å². The maximum Gasteiger partial charge on any atom is 0.268 e. The summed E-state index contributed by atoms with van der Waals surface area (Å²) in [6.45, 7) is 1.54. The standard InChI is InChI=1S/C19H17FN4OS/c20-15-4-1-3-14(11-15)13-24-16-5-10-26-18(16)12-17(24)19(25)21-7-9-23-8-2-6-22-23/h1-6,8,10-12H,7,9,13H2,(H,21,25). The van der Waals surface area contributed by atoms with Crippen molar-refractivity contribution in [1.82, 2.24) is 19.7 Å². The predicted molar refractivity (Wildman–Crippen MR) is 99.9 cm³/mol. The van der Waals surface area contributed by atoms with Gasteiger partial charge in [-0.1, -0.05) is 12.1 Å². The zero-order chi connectivity index (χ0) is 17.9. The van der Waals surface area contributed by atoms with Gasteiger partial charge < -0.3 is 9.88 Å². The van der Waals surface area contributed by atoms with E-state index in [1.807, 2.05) is 40.4 Å². The van der Waals surface area contributed by atoms with Gasteiger partial charge in [-0.15, -0.1) is 11.3 Å². The van der Waals surface area contributed by atoms with Crippen LogP contribution >= 0.6 is 11.3 Å². The lowest BCUT2D eigenvalue weighted by atomic mass is 10.2. The number of benzene rings is 1. The van der Waals surface area contributed by atoms with Gasteiger partial charge in [-0.3, -0.25) is 9.48 Å². The Balaban J connectivity index is 1.56. The number of nitrogens with one attached hydrogen (secondary N) is 1. The summed E-state index contributed by atoms with van der Waals surface area (Å²) in [5, 5.41) is 9.05. The molecule has 1 amide bonds. The highest BCUT2D eigenvalue weighted by Gasteiger charge is 2.16. The number of hydrogen-bond acceptors (Lipinski definition) is 3. The predicted octanol–water partition coefficient (Wildman–Crippen LogP) is 3.52. The van der Waals surface area contributed by atoms with Crippen molar-refractivity contribution in [3.8, 4) is 0 Å². The van der Waals surface area contributed by atoms with Crippen LogP contribution in [0.3, 0.4) is 0 Å². The van der Waals surface area contributed by atoms with Crippen LogP contribution in [-0.2, 0) is 13.1 Å². The Labute approximate surface area is 153 Å². The zero-order valence-electron chi connectivity index (χ0n) is 13.9. The summed E-state index contributed by atoms with van der Waals surface area (Å²) in [7, 11) is 0. The molecule has 0 spiro atoms. The minimum atomic E-state index is -0.276. The van der Waals surface area contributed by atoms with Gasteiger partial charge in [0.05, 0.1) is 16.8 Å². The van der Waals surface area contributed by atoms with E-state index < -0.39 is 0 Å². The molecule has 0 unspecified atom stereocenters. The fourth-order valence-electron chi connectivity index (χ4n) is 2.96. The number of fused-ring (bicyclic) bond motifs is 1. The molecule has 0 saturated carbocycles. The molecule has 3 aromatic heterocycles. The smallest absolute Gasteiger partial charge is 0.268 e. The Hall–Kier alpha value is -2.93. The first kappa shape index (κ1) is 16.5. The molecule has 1 aromatic carbocycles. The number of carbonyl (C=O) groups excluding carboxylic acids is 1. The molecule has 4 aromatic rings. The van der Waals surface area contributed by atoms with E-state index >= 15 is 0 Å². The second-order valence-electron chi connectivity index (χ2n) is 5.94. The van der Waals surface area contributed by atoms with Crippen molar-refractivity contribution in [3.63, 3.8) is 0 Å². The lowest BCUT2D eigenvalue weighted by molar-refractivity contribution is 0.0943. The molecule has 1 N–H and O–H groups in total. The first-order valence-electron chi connectivity index (χ1n) is 8.27. The number of halogens is 1. The molecule has 0 bridgehead atoms. The van der Waals surface area contributed by atoms with E-state index in [9.17, 15) is 9.18 Å². The van der Waals surface area contributed by atoms with Gasteiger partial charge in [0, 0.05) is 25.5 Å². The van der Waals surface area contributed by atoms with E-state index in [4.69, 9.17) is 0 Å². The summed E-state index contributed by atoms with van der Waals surface area (Å²) in [5.41, 5.74) is 2.38. The molecule has 0 aliphatic rings. The van der Waals surface area contributed by atoms with Gasteiger partial charge in [0.25, 0.3) is 5.91 Å². The van der Waals surface area contributed by atoms with E-state index in [-0.39, 0.29) is 11.7 Å². The molecule has 0 saturated heterocycles. The van der Waals surface area contributed by atoms with E-state index in [2.05, 4.69) is 10.4 Å². The van der Waals surface area contributed by atoms with Crippen LogP contribution in [0.2, 0.25) is 0 Å². The number of aromatic nitrogens is 3. The van der Waals surface area contributed by atoms with E-state index in [1.165, 1.54) is 12.1 Å². The number of thiophene rings is 1. The summed E-state index contributed by atoms with van der Waals surface area (Å²) < 4.78 is 18.3. The van der Waals surface area contributed by atoms with Crippen molar-refractivity contribution >= 4 is 27.5 Å². The molecule has 7 heteroatoms. The van der Waals surface area contributed by atoms with Crippen molar-refractivity contribution < 1.29 is 9.18 Å². The molecular formula is C19H17FN4OS. The van der Waals surface area contributed by atoms with Crippen molar-refractivity contribution in [1.29, 1.82) is 0 Å². The Kier molecular flexibility index (Phi) is 4.53. The van der Waals surface area contributed by atoms with Crippen molar-refractivity contribution in [3.05, 3.63) is 77.3 Å². The second-order valence-corrected chi connectivity index (χ2v) is 6.89. The van der Waals surface area contributed by atoms with Crippen LogP contribution in [0.4, 0.5) is 4.39 Å². The average molecular weight is 368 g/mol. The Morgan fingerprint density at radius 2 is 2.15 bits per heavy atom. The zero-order valence-corrected chi connectivity index (χ0v) is 14.7. The molecular weight excluding hydrogens is 351 g/mol. The van der Waals surface area contributed by atoms with Gasteiger partial charge >= 0.3 is 0 Å². The highest BCUT2D eigenvalue weighted by molar-refractivity contribution is 7.17. The second kappa shape index (κ2) is 7.13. The Morgan fingerprint density at radius 3 is 2.96 bits per heavy atom. The molecule has 3 heterocycles. The molecule has 5 nitrogen and oxygen atoms in total. The molecule has 132 valence electrons. The molecule has 0 aliphatic carbocycles. The molecule has 4 rings (SSSR count). The number of hydrogen-bond donors (Lipinski definition) is 1. The number of nitrogens with zero attached hydrogens (tertiary/aromatic N) is 3. The van der Waals surface area contributed by atoms with Gasteiger partial charge in [0.15, 0.2) is 0 Å². The fraction of sp³-hybridized carbons (Fsp3) is 0.158. The summed E-state index contributed by atoms with van der Waals surface area (Å²) >= 11 is 1.59. The van der Waals surface area contributed by atoms with E-state index in [0.29, 0.717) is 25.3 Å². The van der Waals surface area contributed by atoms with Gasteiger partial charge in [0.1, 0.15) is 11.5 Å². The Morgan fingerprint density at radius 1 is 1.23 bits per heavy atom. The van der Waals surface area contributed by atoms with Crippen molar-refractivity contribution in [2.75, 3.05) is 6.54 Å². The summed E-state index contributed by atoms with van der Waals surface area (Å²) in [6, 6.07) is 12.2. The maximum absolute atomic E-state index is 13.5. The van der Waals surface area contributed by atoms with Crippen LogP contribution < -0.4 is 5.32 Å². The van der Waals surface area contributed by atoms with Crippen LogP contribution in [0.15, 0.2) is 60.2 Å². The van der Waals surface area contributed by atoms with Gasteiger partial charge in [-0.2, -0.15) is 5.10 Å². The van der Waals surface area contributed by atoms with Gasteiger partial charge in [0.2, 0.25) is 0 Å². The first-order chi connectivity index (χ1) is 12.7. The molecule has 0 fully saturated rings. The normalized spacial score (nSPS) is 11.1. The van der Waals surface area contributed by atoms with E-state index in [0.717, 1.165) is 15.8 Å². The van der Waals surface area contributed by atoms with Gasteiger partial charge in [-0.05, 0) is 41.3 Å². The quantitative estimate of drug-likeness (QED) is 0.566. The highest BCUT2D eigenvalue weighted by atomic mass is 32.1.